The number of nitrogens with one attached hydrogen (secondary N) is 3. The average Bonchev–Trinajstić information content (AvgIpc) is 3.56. The van der Waals surface area contributed by atoms with Crippen molar-refractivity contribution < 1.29 is 9.13 Å². The first-order valence-corrected chi connectivity index (χ1v) is 10.00. The van der Waals surface area contributed by atoms with Crippen molar-refractivity contribution in [1.82, 2.24) is 30.4 Å². The van der Waals surface area contributed by atoms with Crippen LogP contribution in [-0.4, -0.2) is 37.5 Å². The zero-order chi connectivity index (χ0) is 21.7. The number of ether oxygens (including phenoxy) is 1. The number of methoxy groups -OCH3 is 1. The predicted octanol–water partition coefficient (Wildman–Crippen LogP) is 5.31. The number of halogens is 1. The minimum Gasteiger partial charge on any atom is -0.497 e. The molecule has 32 heavy (non-hydrogen) atoms. The summed E-state index contributed by atoms with van der Waals surface area (Å²) in [6, 6.07) is 14.7. The van der Waals surface area contributed by atoms with Gasteiger partial charge in [0.25, 0.3) is 0 Å². The van der Waals surface area contributed by atoms with Gasteiger partial charge in [-0.2, -0.15) is 10.2 Å². The molecule has 0 bridgehead atoms. The lowest BCUT2D eigenvalue weighted by atomic mass is 10.0. The molecule has 0 saturated heterocycles. The first kappa shape index (κ1) is 18.3. The molecule has 0 spiro atoms. The van der Waals surface area contributed by atoms with Crippen molar-refractivity contribution in [3.8, 4) is 39.4 Å². The van der Waals surface area contributed by atoms with Crippen LogP contribution in [0.4, 0.5) is 4.39 Å². The smallest absolute Gasteiger partial charge is 0.181 e. The normalized spacial score (nSPS) is 11.4. The van der Waals surface area contributed by atoms with Gasteiger partial charge in [-0.3, -0.25) is 10.2 Å². The molecule has 4 aromatic heterocycles. The lowest BCUT2D eigenvalue weighted by molar-refractivity contribution is 0.411. The van der Waals surface area contributed by atoms with Crippen molar-refractivity contribution in [2.75, 3.05) is 7.11 Å². The quantitative estimate of drug-likeness (QED) is 0.357. The number of H-pyrrole nitrogens is 3. The third-order valence-electron chi connectivity index (χ3n) is 5.59. The van der Waals surface area contributed by atoms with Crippen molar-refractivity contribution in [2.45, 2.75) is 0 Å². The second-order valence-electron chi connectivity index (χ2n) is 7.51. The summed E-state index contributed by atoms with van der Waals surface area (Å²) in [5.74, 6) is 0.134. The minimum absolute atomic E-state index is 0.343. The summed E-state index contributed by atoms with van der Waals surface area (Å²) < 4.78 is 19.4. The van der Waals surface area contributed by atoms with E-state index in [0.717, 1.165) is 49.9 Å². The zero-order valence-electron chi connectivity index (χ0n) is 17.0. The first-order valence-electron chi connectivity index (χ1n) is 10.00. The number of benzene rings is 2. The molecule has 3 N–H and O–H groups in total. The highest BCUT2D eigenvalue weighted by molar-refractivity contribution is 6.01. The van der Waals surface area contributed by atoms with Gasteiger partial charge in [-0.25, -0.2) is 9.37 Å². The highest BCUT2D eigenvalue weighted by atomic mass is 19.1. The van der Waals surface area contributed by atoms with Gasteiger partial charge in [0.1, 0.15) is 11.6 Å². The van der Waals surface area contributed by atoms with E-state index in [-0.39, 0.29) is 5.82 Å². The van der Waals surface area contributed by atoms with Crippen molar-refractivity contribution in [3.05, 3.63) is 72.9 Å². The van der Waals surface area contributed by atoms with Gasteiger partial charge in [-0.15, -0.1) is 0 Å². The van der Waals surface area contributed by atoms with Crippen molar-refractivity contribution in [2.24, 2.45) is 0 Å². The molecule has 2 aromatic carbocycles. The van der Waals surface area contributed by atoms with Crippen LogP contribution in [0.5, 0.6) is 5.75 Å². The molecule has 0 atom stereocenters. The Bertz CT molecular complexity index is 1580. The summed E-state index contributed by atoms with van der Waals surface area (Å²) in [5, 5.41) is 16.2. The summed E-state index contributed by atoms with van der Waals surface area (Å²) in [6.45, 7) is 0. The zero-order valence-corrected chi connectivity index (χ0v) is 17.0. The van der Waals surface area contributed by atoms with E-state index in [1.807, 2.05) is 42.6 Å². The maximum atomic E-state index is 14.1. The van der Waals surface area contributed by atoms with Gasteiger partial charge in [0.05, 0.1) is 24.7 Å². The monoisotopic (exact) mass is 424 g/mol. The van der Waals surface area contributed by atoms with Crippen LogP contribution in [0.1, 0.15) is 0 Å². The number of hydrogen-bond donors (Lipinski definition) is 3. The highest BCUT2D eigenvalue weighted by Gasteiger charge is 2.15. The van der Waals surface area contributed by atoms with E-state index in [9.17, 15) is 4.39 Å². The molecule has 156 valence electrons. The van der Waals surface area contributed by atoms with E-state index in [1.165, 1.54) is 19.2 Å². The Balaban J connectivity index is 1.51. The fraction of sp³-hybridized carbons (Fsp3) is 0.0417. The Morgan fingerprint density at radius 3 is 2.72 bits per heavy atom. The van der Waals surface area contributed by atoms with E-state index < -0.39 is 0 Å². The molecule has 0 aliphatic rings. The molecular weight excluding hydrogens is 407 g/mol. The topological polar surface area (TPSA) is 95.3 Å². The van der Waals surface area contributed by atoms with Gasteiger partial charge in [-0.1, -0.05) is 12.1 Å². The van der Waals surface area contributed by atoms with Gasteiger partial charge >= 0.3 is 0 Å². The molecule has 6 aromatic rings. The Hall–Kier alpha value is -4.46. The molecular formula is C24H17FN6O. The lowest BCUT2D eigenvalue weighted by Crippen LogP contribution is -1.87. The molecule has 0 unspecified atom stereocenters. The fourth-order valence-corrected chi connectivity index (χ4v) is 4.05. The largest absolute Gasteiger partial charge is 0.497 e. The molecule has 0 saturated carbocycles. The standard InChI is InChI=1S/C24H17FN6O/c1-32-17-6-13(5-16(25)8-17)18-3-2-4-21-19(18)9-22(29-21)23-20-7-14(15-11-27-28-12-15)10-26-24(20)31-30-23/h2-12,29H,1H3,(H,27,28)(H,26,30,31). The van der Waals surface area contributed by atoms with Crippen LogP contribution < -0.4 is 4.74 Å². The van der Waals surface area contributed by atoms with Crippen LogP contribution in [-0.2, 0) is 0 Å². The number of rotatable bonds is 4. The molecule has 0 aliphatic heterocycles. The molecule has 6 rings (SSSR count). The van der Waals surface area contributed by atoms with Crippen LogP contribution in [0.15, 0.2) is 67.1 Å². The van der Waals surface area contributed by atoms with Gasteiger partial charge in [0.15, 0.2) is 5.65 Å². The summed E-state index contributed by atoms with van der Waals surface area (Å²) in [4.78, 5) is 7.93. The van der Waals surface area contributed by atoms with Crippen molar-refractivity contribution in [1.29, 1.82) is 0 Å². The molecule has 0 radical (unpaired) electrons. The number of fused-ring (bicyclic) bond motifs is 2. The molecule has 8 heteroatoms. The summed E-state index contributed by atoms with van der Waals surface area (Å²) in [7, 11) is 1.53. The molecule has 7 nitrogen and oxygen atoms in total. The van der Waals surface area contributed by atoms with Crippen LogP contribution >= 0.6 is 0 Å². The maximum Gasteiger partial charge on any atom is 0.181 e. The van der Waals surface area contributed by atoms with E-state index in [1.54, 1.807) is 12.4 Å². The Morgan fingerprint density at radius 1 is 0.938 bits per heavy atom. The van der Waals surface area contributed by atoms with Crippen LogP contribution in [0, 0.1) is 5.82 Å². The second kappa shape index (κ2) is 7.05. The number of aromatic nitrogens is 6. The fourth-order valence-electron chi connectivity index (χ4n) is 4.05. The summed E-state index contributed by atoms with van der Waals surface area (Å²) in [6.07, 6.45) is 5.36. The van der Waals surface area contributed by atoms with E-state index in [0.29, 0.717) is 11.4 Å². The number of nitrogens with zero attached hydrogens (tertiary/aromatic N) is 3. The summed E-state index contributed by atoms with van der Waals surface area (Å²) in [5.41, 5.74) is 6.80. The van der Waals surface area contributed by atoms with Crippen molar-refractivity contribution >= 4 is 21.9 Å². The molecule has 0 fully saturated rings. The van der Waals surface area contributed by atoms with Crippen molar-refractivity contribution in [3.63, 3.8) is 0 Å². The van der Waals surface area contributed by atoms with E-state index >= 15 is 0 Å². The first-order chi connectivity index (χ1) is 15.7. The third-order valence-corrected chi connectivity index (χ3v) is 5.59. The van der Waals surface area contributed by atoms with Gasteiger partial charge in [-0.05, 0) is 41.5 Å². The average molecular weight is 424 g/mol. The third kappa shape index (κ3) is 2.92. The number of hydrogen-bond acceptors (Lipinski definition) is 4. The maximum absolute atomic E-state index is 14.1. The van der Waals surface area contributed by atoms with Crippen LogP contribution in [0.3, 0.4) is 0 Å². The summed E-state index contributed by atoms with van der Waals surface area (Å²) >= 11 is 0. The second-order valence-corrected chi connectivity index (χ2v) is 7.51. The Morgan fingerprint density at radius 2 is 1.88 bits per heavy atom. The van der Waals surface area contributed by atoms with E-state index in [2.05, 4.69) is 30.4 Å². The van der Waals surface area contributed by atoms with E-state index in [4.69, 9.17) is 4.74 Å². The van der Waals surface area contributed by atoms with Gasteiger partial charge < -0.3 is 9.72 Å². The van der Waals surface area contributed by atoms with Crippen LogP contribution in [0.2, 0.25) is 0 Å². The Labute approximate surface area is 181 Å². The molecule has 0 aliphatic carbocycles. The minimum atomic E-state index is -0.343. The molecule has 0 amide bonds. The molecule has 4 heterocycles. The number of aromatic amines is 3. The van der Waals surface area contributed by atoms with Crippen LogP contribution in [0.25, 0.3) is 55.6 Å². The van der Waals surface area contributed by atoms with Gasteiger partial charge in [0, 0.05) is 45.9 Å². The van der Waals surface area contributed by atoms with Gasteiger partial charge in [0.2, 0.25) is 0 Å². The highest BCUT2D eigenvalue weighted by Crippen LogP contribution is 2.36. The Kier molecular flexibility index (Phi) is 4.04. The number of pyridine rings is 1. The predicted molar refractivity (Wildman–Crippen MR) is 121 cm³/mol. The SMILES string of the molecule is COc1cc(F)cc(-c2cccc3[nH]c(-c4[nH]nc5ncc(-c6cn[nH]c6)cc45)cc23)c1. The lowest BCUT2D eigenvalue weighted by Gasteiger charge is -2.07.